The molecule has 0 atom stereocenters. The molecule has 0 aliphatic heterocycles. The predicted molar refractivity (Wildman–Crippen MR) is 81.1 cm³/mol. The highest BCUT2D eigenvalue weighted by molar-refractivity contribution is 5.69. The second-order valence-electron chi connectivity index (χ2n) is 4.93. The topological polar surface area (TPSA) is 47.4 Å². The molecular formula is C16H21N3O2. The van der Waals surface area contributed by atoms with Crippen LogP contribution in [0.4, 0.5) is 0 Å². The fraction of sp³-hybridized carbons (Fsp3) is 0.375. The van der Waals surface area contributed by atoms with Gasteiger partial charge < -0.3 is 14.2 Å². The van der Waals surface area contributed by atoms with E-state index in [9.17, 15) is 4.79 Å². The van der Waals surface area contributed by atoms with Gasteiger partial charge in [-0.1, -0.05) is 12.1 Å². The van der Waals surface area contributed by atoms with Gasteiger partial charge in [0.1, 0.15) is 0 Å². The van der Waals surface area contributed by atoms with Crippen LogP contribution in [0.1, 0.15) is 18.9 Å². The third-order valence-corrected chi connectivity index (χ3v) is 3.19. The van der Waals surface area contributed by atoms with Crippen LogP contribution in [0.15, 0.2) is 43.0 Å². The summed E-state index contributed by atoms with van der Waals surface area (Å²) in [6.45, 7) is 3.77. The molecule has 0 saturated carbocycles. The van der Waals surface area contributed by atoms with Crippen molar-refractivity contribution in [2.75, 3.05) is 20.2 Å². The Labute approximate surface area is 125 Å². The molecule has 1 aromatic carbocycles. The quantitative estimate of drug-likeness (QED) is 0.733. The van der Waals surface area contributed by atoms with Crippen LogP contribution in [0.25, 0.3) is 5.69 Å². The highest BCUT2D eigenvalue weighted by Gasteiger charge is 2.06. The lowest BCUT2D eigenvalue weighted by molar-refractivity contribution is -0.143. The lowest BCUT2D eigenvalue weighted by atomic mass is 10.2. The Hall–Kier alpha value is -2.14. The SMILES string of the molecule is CCOC(=O)CCN(C)Cc1ccc(-n2ccnc2)cc1. The fourth-order valence-electron chi connectivity index (χ4n) is 2.09. The number of imidazole rings is 1. The maximum absolute atomic E-state index is 11.3. The molecule has 0 saturated heterocycles. The van der Waals surface area contributed by atoms with Gasteiger partial charge in [0, 0.05) is 31.2 Å². The van der Waals surface area contributed by atoms with E-state index in [1.54, 1.807) is 12.5 Å². The number of hydrogen-bond acceptors (Lipinski definition) is 4. The minimum Gasteiger partial charge on any atom is -0.466 e. The molecular weight excluding hydrogens is 266 g/mol. The molecule has 5 nitrogen and oxygen atoms in total. The molecule has 0 spiro atoms. The fourth-order valence-corrected chi connectivity index (χ4v) is 2.09. The lowest BCUT2D eigenvalue weighted by Crippen LogP contribution is -2.22. The normalized spacial score (nSPS) is 10.8. The van der Waals surface area contributed by atoms with Gasteiger partial charge in [-0.3, -0.25) is 4.79 Å². The average molecular weight is 287 g/mol. The van der Waals surface area contributed by atoms with Gasteiger partial charge in [-0.25, -0.2) is 4.98 Å². The number of carbonyl (C=O) groups excluding carboxylic acids is 1. The van der Waals surface area contributed by atoms with Crippen LogP contribution in [0.5, 0.6) is 0 Å². The summed E-state index contributed by atoms with van der Waals surface area (Å²) in [5, 5.41) is 0. The van der Waals surface area contributed by atoms with Crippen molar-refractivity contribution >= 4 is 5.97 Å². The van der Waals surface area contributed by atoms with Crippen molar-refractivity contribution in [2.45, 2.75) is 19.9 Å². The first-order valence-corrected chi connectivity index (χ1v) is 7.10. The molecule has 0 aliphatic rings. The van der Waals surface area contributed by atoms with Crippen molar-refractivity contribution in [2.24, 2.45) is 0 Å². The zero-order chi connectivity index (χ0) is 15.1. The summed E-state index contributed by atoms with van der Waals surface area (Å²) in [6, 6.07) is 8.32. The van der Waals surface area contributed by atoms with Gasteiger partial charge in [-0.15, -0.1) is 0 Å². The number of aromatic nitrogens is 2. The Kier molecular flexibility index (Phi) is 5.51. The maximum Gasteiger partial charge on any atom is 0.307 e. The van der Waals surface area contributed by atoms with Crippen LogP contribution in [-0.4, -0.2) is 40.6 Å². The minimum absolute atomic E-state index is 0.139. The molecule has 0 radical (unpaired) electrons. The monoisotopic (exact) mass is 287 g/mol. The van der Waals surface area contributed by atoms with Gasteiger partial charge in [0.15, 0.2) is 0 Å². The van der Waals surface area contributed by atoms with Crippen molar-refractivity contribution in [1.82, 2.24) is 14.5 Å². The second kappa shape index (κ2) is 7.59. The standard InChI is InChI=1S/C16H21N3O2/c1-3-21-16(20)8-10-18(2)12-14-4-6-15(7-5-14)19-11-9-17-13-19/h4-7,9,11,13H,3,8,10,12H2,1-2H3. The molecule has 0 fully saturated rings. The molecule has 0 aliphatic carbocycles. The molecule has 0 N–H and O–H groups in total. The molecule has 1 aromatic heterocycles. The lowest BCUT2D eigenvalue weighted by Gasteiger charge is -2.16. The highest BCUT2D eigenvalue weighted by atomic mass is 16.5. The van der Waals surface area contributed by atoms with E-state index < -0.39 is 0 Å². The third-order valence-electron chi connectivity index (χ3n) is 3.19. The highest BCUT2D eigenvalue weighted by Crippen LogP contribution is 2.10. The second-order valence-corrected chi connectivity index (χ2v) is 4.93. The van der Waals surface area contributed by atoms with E-state index in [-0.39, 0.29) is 5.97 Å². The van der Waals surface area contributed by atoms with Gasteiger partial charge >= 0.3 is 5.97 Å². The summed E-state index contributed by atoms with van der Waals surface area (Å²) in [5.74, 6) is -0.139. The smallest absolute Gasteiger partial charge is 0.307 e. The first-order valence-electron chi connectivity index (χ1n) is 7.10. The van der Waals surface area contributed by atoms with E-state index in [4.69, 9.17) is 4.74 Å². The Bertz CT molecular complexity index is 549. The van der Waals surface area contributed by atoms with Crippen LogP contribution in [0.3, 0.4) is 0 Å². The summed E-state index contributed by atoms with van der Waals surface area (Å²) in [4.78, 5) is 17.5. The number of esters is 1. The Balaban J connectivity index is 1.84. The summed E-state index contributed by atoms with van der Waals surface area (Å²) >= 11 is 0. The van der Waals surface area contributed by atoms with Crippen LogP contribution in [0, 0.1) is 0 Å². The first kappa shape index (κ1) is 15.3. The van der Waals surface area contributed by atoms with Gasteiger partial charge in [-0.2, -0.15) is 0 Å². The summed E-state index contributed by atoms with van der Waals surface area (Å²) < 4.78 is 6.89. The molecule has 0 amide bonds. The van der Waals surface area contributed by atoms with Crippen LogP contribution in [0.2, 0.25) is 0 Å². The van der Waals surface area contributed by atoms with Crippen molar-refractivity contribution in [3.8, 4) is 5.69 Å². The third kappa shape index (κ3) is 4.72. The summed E-state index contributed by atoms with van der Waals surface area (Å²) in [6.07, 6.45) is 5.88. The number of carbonyl (C=O) groups is 1. The number of nitrogens with zero attached hydrogens (tertiary/aromatic N) is 3. The molecule has 5 heteroatoms. The van der Waals surface area contributed by atoms with E-state index in [0.717, 1.165) is 12.2 Å². The van der Waals surface area contributed by atoms with E-state index in [2.05, 4.69) is 34.1 Å². The number of hydrogen-bond donors (Lipinski definition) is 0. The molecule has 0 unspecified atom stereocenters. The number of ether oxygens (including phenoxy) is 1. The minimum atomic E-state index is -0.139. The first-order chi connectivity index (χ1) is 10.2. The van der Waals surface area contributed by atoms with Gasteiger partial charge in [0.25, 0.3) is 0 Å². The molecule has 0 bridgehead atoms. The number of rotatable bonds is 7. The average Bonchev–Trinajstić information content (AvgIpc) is 3.00. The Morgan fingerprint density at radius 2 is 2.10 bits per heavy atom. The van der Waals surface area contributed by atoms with Crippen molar-refractivity contribution < 1.29 is 9.53 Å². The zero-order valence-electron chi connectivity index (χ0n) is 12.5. The van der Waals surface area contributed by atoms with Crippen LogP contribution < -0.4 is 0 Å². The van der Waals surface area contributed by atoms with Crippen LogP contribution in [-0.2, 0) is 16.1 Å². The van der Waals surface area contributed by atoms with Crippen LogP contribution >= 0.6 is 0 Å². The summed E-state index contributed by atoms with van der Waals surface area (Å²) in [5.41, 5.74) is 2.30. The van der Waals surface area contributed by atoms with Gasteiger partial charge in [-0.05, 0) is 31.7 Å². The Morgan fingerprint density at radius 1 is 1.33 bits per heavy atom. The van der Waals surface area contributed by atoms with Crippen molar-refractivity contribution in [1.29, 1.82) is 0 Å². The molecule has 2 aromatic rings. The maximum atomic E-state index is 11.3. The zero-order valence-corrected chi connectivity index (χ0v) is 12.5. The molecule has 2 rings (SSSR count). The van der Waals surface area contributed by atoms with E-state index in [1.807, 2.05) is 24.7 Å². The van der Waals surface area contributed by atoms with Crippen molar-refractivity contribution in [3.05, 3.63) is 48.5 Å². The van der Waals surface area contributed by atoms with Gasteiger partial charge in [0.2, 0.25) is 0 Å². The molecule has 112 valence electrons. The van der Waals surface area contributed by atoms with E-state index >= 15 is 0 Å². The van der Waals surface area contributed by atoms with Crippen molar-refractivity contribution in [3.63, 3.8) is 0 Å². The van der Waals surface area contributed by atoms with E-state index in [0.29, 0.717) is 19.6 Å². The largest absolute Gasteiger partial charge is 0.466 e. The number of benzene rings is 1. The van der Waals surface area contributed by atoms with E-state index in [1.165, 1.54) is 5.56 Å². The molecule has 1 heterocycles. The molecule has 21 heavy (non-hydrogen) atoms. The Morgan fingerprint density at radius 3 is 2.71 bits per heavy atom. The van der Waals surface area contributed by atoms with Gasteiger partial charge in [0.05, 0.1) is 19.4 Å². The summed E-state index contributed by atoms with van der Waals surface area (Å²) in [7, 11) is 2.00. The predicted octanol–water partition coefficient (Wildman–Crippen LogP) is 2.26.